The molecule has 0 aliphatic carbocycles. The van der Waals surface area contributed by atoms with E-state index in [9.17, 15) is 13.2 Å². The highest BCUT2D eigenvalue weighted by molar-refractivity contribution is 7.88. The fraction of sp³-hybridized carbons (Fsp3) is 0.370. The predicted octanol–water partition coefficient (Wildman–Crippen LogP) is 1.65. The Morgan fingerprint density at radius 2 is 1.84 bits per heavy atom. The van der Waals surface area contributed by atoms with Crippen LogP contribution in [0.4, 0.5) is 0 Å². The Morgan fingerprint density at radius 3 is 2.54 bits per heavy atom. The van der Waals surface area contributed by atoms with E-state index in [4.69, 9.17) is 5.26 Å². The number of carbonyl (C=O) groups is 1. The first-order chi connectivity index (χ1) is 17.8. The molecule has 0 radical (unpaired) electrons. The fourth-order valence-corrected chi connectivity index (χ4v) is 5.62. The first kappa shape index (κ1) is 26.5. The van der Waals surface area contributed by atoms with Gasteiger partial charge in [0.25, 0.3) is 0 Å². The number of nitriles is 1. The van der Waals surface area contributed by atoms with Crippen LogP contribution in [-0.2, 0) is 34.2 Å². The van der Waals surface area contributed by atoms with Gasteiger partial charge in [-0.3, -0.25) is 9.69 Å². The van der Waals surface area contributed by atoms with Gasteiger partial charge in [0.2, 0.25) is 15.9 Å². The minimum absolute atomic E-state index is 0.284. The molecular weight excluding hydrogens is 488 g/mol. The molecule has 9 nitrogen and oxygen atoms in total. The molecule has 1 unspecified atom stereocenters. The van der Waals surface area contributed by atoms with Crippen molar-refractivity contribution in [3.8, 4) is 6.07 Å². The summed E-state index contributed by atoms with van der Waals surface area (Å²) in [6.45, 7) is 3.00. The van der Waals surface area contributed by atoms with Crippen molar-refractivity contribution < 1.29 is 13.2 Å². The molecule has 0 spiro atoms. The highest BCUT2D eigenvalue weighted by atomic mass is 32.2. The van der Waals surface area contributed by atoms with E-state index in [1.165, 1.54) is 9.87 Å². The summed E-state index contributed by atoms with van der Waals surface area (Å²) in [5.41, 5.74) is 3.83. The van der Waals surface area contributed by atoms with Crippen LogP contribution >= 0.6 is 0 Å². The lowest BCUT2D eigenvalue weighted by molar-refractivity contribution is -0.126. The normalized spacial score (nSPS) is 16.8. The molecule has 1 N–H and O–H groups in total. The Bertz CT molecular complexity index is 1330. The van der Waals surface area contributed by atoms with Gasteiger partial charge in [-0.15, -0.1) is 0 Å². The van der Waals surface area contributed by atoms with E-state index in [0.29, 0.717) is 44.7 Å². The highest BCUT2D eigenvalue weighted by Gasteiger charge is 2.37. The van der Waals surface area contributed by atoms with Crippen LogP contribution in [-0.4, -0.2) is 78.1 Å². The first-order valence-electron chi connectivity index (χ1n) is 12.3. The second-order valence-corrected chi connectivity index (χ2v) is 11.2. The number of hydrogen-bond acceptors (Lipinski definition) is 6. The van der Waals surface area contributed by atoms with E-state index in [1.807, 2.05) is 34.9 Å². The summed E-state index contributed by atoms with van der Waals surface area (Å²) in [6, 6.07) is 18.9. The molecule has 1 aromatic heterocycles. The maximum Gasteiger partial charge on any atom is 0.239 e. The summed E-state index contributed by atoms with van der Waals surface area (Å²) in [6.07, 6.45) is 6.08. The van der Waals surface area contributed by atoms with Crippen LogP contribution in [0.15, 0.2) is 67.1 Å². The molecule has 10 heteroatoms. The maximum absolute atomic E-state index is 13.1. The summed E-state index contributed by atoms with van der Waals surface area (Å²) < 4.78 is 28.1. The lowest BCUT2D eigenvalue weighted by Gasteiger charge is -2.39. The average Bonchev–Trinajstić information content (AvgIpc) is 3.34. The molecule has 1 amide bonds. The number of hydrogen-bond donors (Lipinski definition) is 1. The van der Waals surface area contributed by atoms with Gasteiger partial charge in [0.15, 0.2) is 0 Å². The molecule has 1 atom stereocenters. The summed E-state index contributed by atoms with van der Waals surface area (Å²) in [7, 11) is -3.51. The van der Waals surface area contributed by atoms with E-state index in [0.717, 1.165) is 30.5 Å². The summed E-state index contributed by atoms with van der Waals surface area (Å²) in [5.74, 6) is -0.284. The van der Waals surface area contributed by atoms with Gasteiger partial charge in [-0.1, -0.05) is 42.5 Å². The number of sulfonamides is 1. The van der Waals surface area contributed by atoms with E-state index < -0.39 is 16.1 Å². The zero-order valence-electron chi connectivity index (χ0n) is 21.0. The molecule has 0 bridgehead atoms. The molecule has 1 fully saturated rings. The van der Waals surface area contributed by atoms with Crippen LogP contribution in [0, 0.1) is 11.3 Å². The van der Waals surface area contributed by atoms with Gasteiger partial charge < -0.3 is 9.88 Å². The number of carbonyl (C=O) groups excluding carboxylic acids is 1. The van der Waals surface area contributed by atoms with Crippen molar-refractivity contribution in [2.45, 2.75) is 25.4 Å². The highest BCUT2D eigenvalue weighted by Crippen LogP contribution is 2.15. The molecule has 0 saturated carbocycles. The number of imidazole rings is 1. The Morgan fingerprint density at radius 1 is 1.08 bits per heavy atom. The number of piperazine rings is 1. The zero-order valence-corrected chi connectivity index (χ0v) is 21.8. The van der Waals surface area contributed by atoms with Crippen molar-refractivity contribution >= 4 is 15.9 Å². The fourth-order valence-electron chi connectivity index (χ4n) is 4.58. The van der Waals surface area contributed by atoms with Crippen molar-refractivity contribution in [3.05, 3.63) is 89.5 Å². The van der Waals surface area contributed by atoms with E-state index in [2.05, 4.69) is 33.4 Å². The second-order valence-electron chi connectivity index (χ2n) is 9.29. The standard InChI is InChI=1S/C27H32N6O3S/c1-37(35,36)33-16-15-31(14-12-22-5-3-2-4-6-22)20-26(33)27(34)30-13-11-25-18-29-21-32(25)19-24-9-7-23(17-28)8-10-24/h2-10,18,21,26H,11-16,19-20H2,1H3,(H,30,34). The second kappa shape index (κ2) is 12.1. The molecule has 1 saturated heterocycles. The van der Waals surface area contributed by atoms with Gasteiger partial charge in [0.1, 0.15) is 6.04 Å². The van der Waals surface area contributed by atoms with Gasteiger partial charge in [-0.2, -0.15) is 9.57 Å². The molecule has 2 aromatic carbocycles. The Labute approximate surface area is 218 Å². The largest absolute Gasteiger partial charge is 0.354 e. The molecule has 1 aliphatic heterocycles. The molecule has 3 aromatic rings. The summed E-state index contributed by atoms with van der Waals surface area (Å²) >= 11 is 0. The van der Waals surface area contributed by atoms with Crippen molar-refractivity contribution in [1.82, 2.24) is 24.1 Å². The van der Waals surface area contributed by atoms with Gasteiger partial charge in [0.05, 0.1) is 24.2 Å². The monoisotopic (exact) mass is 520 g/mol. The third kappa shape index (κ3) is 7.26. The summed E-state index contributed by atoms with van der Waals surface area (Å²) in [4.78, 5) is 19.5. The quantitative estimate of drug-likeness (QED) is 0.435. The van der Waals surface area contributed by atoms with Crippen LogP contribution in [0.5, 0.6) is 0 Å². The Balaban J connectivity index is 1.33. The molecule has 4 rings (SSSR count). The molecule has 1 aliphatic rings. The maximum atomic E-state index is 13.1. The zero-order chi connectivity index (χ0) is 26.3. The summed E-state index contributed by atoms with van der Waals surface area (Å²) in [5, 5.41) is 11.9. The minimum atomic E-state index is -3.51. The SMILES string of the molecule is CS(=O)(=O)N1CCN(CCc2ccccc2)CC1C(=O)NCCc1cncn1Cc1ccc(C#N)cc1. The molecular formula is C27H32N6O3S. The van der Waals surface area contributed by atoms with Crippen LogP contribution in [0.25, 0.3) is 0 Å². The van der Waals surface area contributed by atoms with Crippen LogP contribution in [0.2, 0.25) is 0 Å². The number of aromatic nitrogens is 2. The van der Waals surface area contributed by atoms with E-state index >= 15 is 0 Å². The smallest absolute Gasteiger partial charge is 0.239 e. The van der Waals surface area contributed by atoms with Gasteiger partial charge in [-0.05, 0) is 29.7 Å². The minimum Gasteiger partial charge on any atom is -0.354 e. The number of amides is 1. The first-order valence-corrected chi connectivity index (χ1v) is 14.2. The number of nitrogens with zero attached hydrogens (tertiary/aromatic N) is 5. The number of benzene rings is 2. The lowest BCUT2D eigenvalue weighted by atomic mass is 10.1. The Kier molecular flexibility index (Phi) is 8.71. The Hall–Kier alpha value is -3.52. The van der Waals surface area contributed by atoms with Crippen LogP contribution in [0.3, 0.4) is 0 Å². The third-order valence-electron chi connectivity index (χ3n) is 6.62. The number of rotatable bonds is 10. The predicted molar refractivity (Wildman–Crippen MR) is 141 cm³/mol. The van der Waals surface area contributed by atoms with Crippen molar-refractivity contribution in [1.29, 1.82) is 5.26 Å². The average molecular weight is 521 g/mol. The van der Waals surface area contributed by atoms with Crippen LogP contribution in [0.1, 0.15) is 22.4 Å². The van der Waals surface area contributed by atoms with Gasteiger partial charge in [0, 0.05) is 57.6 Å². The lowest BCUT2D eigenvalue weighted by Crippen LogP contribution is -2.60. The van der Waals surface area contributed by atoms with Gasteiger partial charge in [-0.25, -0.2) is 13.4 Å². The topological polar surface area (TPSA) is 111 Å². The molecule has 2 heterocycles. The number of nitrogens with one attached hydrogen (secondary N) is 1. The van der Waals surface area contributed by atoms with Gasteiger partial charge >= 0.3 is 0 Å². The third-order valence-corrected chi connectivity index (χ3v) is 7.91. The molecule has 37 heavy (non-hydrogen) atoms. The van der Waals surface area contributed by atoms with Crippen molar-refractivity contribution in [2.75, 3.05) is 39.0 Å². The van der Waals surface area contributed by atoms with Crippen molar-refractivity contribution in [3.63, 3.8) is 0 Å². The van der Waals surface area contributed by atoms with Crippen molar-refractivity contribution in [2.24, 2.45) is 0 Å². The molecule has 194 valence electrons. The van der Waals surface area contributed by atoms with E-state index in [-0.39, 0.29) is 5.91 Å². The van der Waals surface area contributed by atoms with Crippen LogP contribution < -0.4 is 5.32 Å². The van der Waals surface area contributed by atoms with E-state index in [1.54, 1.807) is 24.7 Å².